The Labute approximate surface area is 192 Å². The number of nitriles is 1. The zero-order valence-corrected chi connectivity index (χ0v) is 19.2. The molecule has 2 atom stereocenters. The second kappa shape index (κ2) is 8.79. The monoisotopic (exact) mass is 449 g/mol. The number of pyridine rings is 2. The third kappa shape index (κ3) is 4.66. The maximum atomic E-state index is 13.3. The molecule has 0 radical (unpaired) electrons. The number of hydrogen-bond acceptors (Lipinski definition) is 7. The van der Waals surface area contributed by atoms with E-state index in [1.807, 2.05) is 39.0 Å². The van der Waals surface area contributed by atoms with Gasteiger partial charge >= 0.3 is 6.09 Å². The summed E-state index contributed by atoms with van der Waals surface area (Å²) in [5.41, 5.74) is 2.28. The van der Waals surface area contributed by atoms with Crippen LogP contribution < -0.4 is 0 Å². The van der Waals surface area contributed by atoms with Crippen LogP contribution in [0.4, 0.5) is 4.79 Å². The lowest BCUT2D eigenvalue weighted by Gasteiger charge is -2.28. The maximum absolute atomic E-state index is 13.3. The standard InChI is InChI=1S/C24H27N5O4/c1-24(2,3)33-23(31)29-13-18(10-19(29)14-32-4)28-12-16-5-6-20(27-21(16)22(28)30)15-7-8-26-17(9-15)11-25/h5-9,18-19H,10,12-14H2,1-4H3/t18-,19+/m1/s1. The first kappa shape index (κ1) is 22.7. The molecular weight excluding hydrogens is 422 g/mol. The van der Waals surface area contributed by atoms with Gasteiger partial charge in [-0.3, -0.25) is 4.79 Å². The number of likely N-dealkylation sites (tertiary alicyclic amines) is 1. The van der Waals surface area contributed by atoms with Gasteiger partial charge in [0.2, 0.25) is 0 Å². The van der Waals surface area contributed by atoms with Crippen molar-refractivity contribution in [3.8, 4) is 17.3 Å². The van der Waals surface area contributed by atoms with Crippen molar-refractivity contribution in [2.45, 2.75) is 51.4 Å². The summed E-state index contributed by atoms with van der Waals surface area (Å²) in [6, 6.07) is 8.85. The fourth-order valence-corrected chi connectivity index (χ4v) is 4.31. The molecule has 2 aliphatic heterocycles. The summed E-state index contributed by atoms with van der Waals surface area (Å²) in [6.07, 6.45) is 1.76. The van der Waals surface area contributed by atoms with Crippen molar-refractivity contribution in [1.29, 1.82) is 5.26 Å². The fraction of sp³-hybridized carbons (Fsp3) is 0.458. The van der Waals surface area contributed by atoms with Crippen molar-refractivity contribution in [3.63, 3.8) is 0 Å². The van der Waals surface area contributed by atoms with Crippen LogP contribution in [0, 0.1) is 11.3 Å². The molecule has 1 fully saturated rings. The van der Waals surface area contributed by atoms with E-state index in [1.165, 1.54) is 0 Å². The van der Waals surface area contributed by atoms with Gasteiger partial charge in [-0.15, -0.1) is 0 Å². The number of fused-ring (bicyclic) bond motifs is 1. The van der Waals surface area contributed by atoms with Crippen molar-refractivity contribution in [2.75, 3.05) is 20.3 Å². The Hall–Kier alpha value is -3.51. The molecule has 0 N–H and O–H groups in total. The summed E-state index contributed by atoms with van der Waals surface area (Å²) < 4.78 is 10.9. The smallest absolute Gasteiger partial charge is 0.410 e. The Morgan fingerprint density at radius 3 is 2.79 bits per heavy atom. The lowest BCUT2D eigenvalue weighted by Crippen LogP contribution is -2.43. The van der Waals surface area contributed by atoms with Gasteiger partial charge in [0.15, 0.2) is 0 Å². The Kier molecular flexibility index (Phi) is 6.04. The minimum absolute atomic E-state index is 0.158. The molecule has 0 aliphatic carbocycles. The van der Waals surface area contributed by atoms with Gasteiger partial charge in [-0.1, -0.05) is 6.07 Å². The van der Waals surface area contributed by atoms with Crippen LogP contribution in [0.1, 0.15) is 48.9 Å². The van der Waals surface area contributed by atoms with E-state index < -0.39 is 11.7 Å². The van der Waals surface area contributed by atoms with Crippen LogP contribution in [-0.2, 0) is 16.0 Å². The summed E-state index contributed by atoms with van der Waals surface area (Å²) in [4.78, 5) is 38.1. The number of carbonyl (C=O) groups is 2. The van der Waals surface area contributed by atoms with Crippen LogP contribution >= 0.6 is 0 Å². The fourth-order valence-electron chi connectivity index (χ4n) is 4.31. The SMILES string of the molecule is COC[C@@H]1C[C@@H](N2Cc3ccc(-c4ccnc(C#N)c4)nc3C2=O)CN1C(=O)OC(C)(C)C. The van der Waals surface area contributed by atoms with Crippen molar-refractivity contribution in [3.05, 3.63) is 47.4 Å². The highest BCUT2D eigenvalue weighted by atomic mass is 16.6. The highest BCUT2D eigenvalue weighted by Crippen LogP contribution is 2.32. The Bertz CT molecular complexity index is 1120. The average Bonchev–Trinajstić information content (AvgIpc) is 3.34. The summed E-state index contributed by atoms with van der Waals surface area (Å²) >= 11 is 0. The number of ether oxygens (including phenoxy) is 2. The third-order valence-electron chi connectivity index (χ3n) is 5.77. The van der Waals surface area contributed by atoms with Crippen molar-refractivity contribution >= 4 is 12.0 Å². The first-order valence-corrected chi connectivity index (χ1v) is 10.9. The van der Waals surface area contributed by atoms with E-state index >= 15 is 0 Å². The van der Waals surface area contributed by atoms with Gasteiger partial charge in [0.05, 0.1) is 24.4 Å². The largest absolute Gasteiger partial charge is 0.444 e. The predicted molar refractivity (Wildman–Crippen MR) is 119 cm³/mol. The van der Waals surface area contributed by atoms with E-state index in [4.69, 9.17) is 14.7 Å². The van der Waals surface area contributed by atoms with E-state index in [9.17, 15) is 9.59 Å². The molecule has 2 aromatic rings. The number of nitrogens with zero attached hydrogens (tertiary/aromatic N) is 5. The van der Waals surface area contributed by atoms with E-state index in [-0.39, 0.29) is 18.0 Å². The van der Waals surface area contributed by atoms with E-state index in [0.29, 0.717) is 43.2 Å². The van der Waals surface area contributed by atoms with Gasteiger partial charge in [-0.2, -0.15) is 5.26 Å². The molecule has 172 valence electrons. The van der Waals surface area contributed by atoms with Crippen molar-refractivity contribution < 1.29 is 19.1 Å². The van der Waals surface area contributed by atoms with Crippen LogP contribution in [0.15, 0.2) is 30.5 Å². The van der Waals surface area contributed by atoms with E-state index in [2.05, 4.69) is 9.97 Å². The van der Waals surface area contributed by atoms with Crippen LogP contribution in [0.2, 0.25) is 0 Å². The molecule has 2 aliphatic rings. The molecule has 2 aromatic heterocycles. The summed E-state index contributed by atoms with van der Waals surface area (Å²) in [5, 5.41) is 9.10. The minimum atomic E-state index is -0.606. The molecule has 0 spiro atoms. The molecule has 9 heteroatoms. The lowest BCUT2D eigenvalue weighted by atomic mass is 10.1. The predicted octanol–water partition coefficient (Wildman–Crippen LogP) is 3.00. The zero-order valence-electron chi connectivity index (χ0n) is 19.2. The summed E-state index contributed by atoms with van der Waals surface area (Å²) in [5.74, 6) is -0.159. The third-order valence-corrected chi connectivity index (χ3v) is 5.77. The second-order valence-corrected chi connectivity index (χ2v) is 9.31. The summed E-state index contributed by atoms with van der Waals surface area (Å²) in [6.45, 7) is 6.68. The zero-order chi connectivity index (χ0) is 23.8. The number of methoxy groups -OCH3 is 1. The van der Waals surface area contributed by atoms with Crippen LogP contribution in [0.25, 0.3) is 11.3 Å². The molecule has 0 bridgehead atoms. The van der Waals surface area contributed by atoms with Gasteiger partial charge in [-0.05, 0) is 45.4 Å². The average molecular weight is 450 g/mol. The minimum Gasteiger partial charge on any atom is -0.444 e. The highest BCUT2D eigenvalue weighted by molar-refractivity contribution is 5.97. The van der Waals surface area contributed by atoms with Crippen molar-refractivity contribution in [2.24, 2.45) is 0 Å². The Morgan fingerprint density at radius 1 is 1.30 bits per heavy atom. The van der Waals surface area contributed by atoms with Crippen molar-refractivity contribution in [1.82, 2.24) is 19.8 Å². The highest BCUT2D eigenvalue weighted by Gasteiger charge is 2.44. The quantitative estimate of drug-likeness (QED) is 0.706. The normalized spacial score (nSPS) is 20.0. The molecule has 0 unspecified atom stereocenters. The number of rotatable bonds is 4. The molecule has 9 nitrogen and oxygen atoms in total. The first-order chi connectivity index (χ1) is 15.7. The first-order valence-electron chi connectivity index (χ1n) is 10.9. The topological polar surface area (TPSA) is 109 Å². The molecule has 4 rings (SSSR count). The molecule has 4 heterocycles. The molecule has 1 saturated heterocycles. The van der Waals surface area contributed by atoms with Gasteiger partial charge in [0, 0.05) is 37.5 Å². The van der Waals surface area contributed by atoms with E-state index in [0.717, 1.165) is 11.1 Å². The lowest BCUT2D eigenvalue weighted by molar-refractivity contribution is 0.0140. The van der Waals surface area contributed by atoms with Crippen LogP contribution in [0.5, 0.6) is 0 Å². The summed E-state index contributed by atoms with van der Waals surface area (Å²) in [7, 11) is 1.60. The van der Waals surface area contributed by atoms with Gasteiger partial charge in [-0.25, -0.2) is 14.8 Å². The Morgan fingerprint density at radius 2 is 2.09 bits per heavy atom. The number of amides is 2. The molecule has 33 heavy (non-hydrogen) atoms. The second-order valence-electron chi connectivity index (χ2n) is 9.31. The Balaban J connectivity index is 1.54. The van der Waals surface area contributed by atoms with Crippen LogP contribution in [-0.4, -0.2) is 69.7 Å². The number of hydrogen-bond donors (Lipinski definition) is 0. The van der Waals surface area contributed by atoms with Gasteiger partial charge in [0.1, 0.15) is 23.1 Å². The van der Waals surface area contributed by atoms with E-state index in [1.54, 1.807) is 35.2 Å². The maximum Gasteiger partial charge on any atom is 0.410 e. The van der Waals surface area contributed by atoms with Crippen LogP contribution in [0.3, 0.4) is 0 Å². The number of aromatic nitrogens is 2. The van der Waals surface area contributed by atoms with Gasteiger partial charge in [0.25, 0.3) is 5.91 Å². The molecular formula is C24H27N5O4. The number of carbonyl (C=O) groups excluding carboxylic acids is 2. The molecule has 0 saturated carbocycles. The molecule has 2 amide bonds. The molecule has 0 aromatic carbocycles. The van der Waals surface area contributed by atoms with Gasteiger partial charge < -0.3 is 19.3 Å².